The van der Waals surface area contributed by atoms with Gasteiger partial charge in [0.05, 0.1) is 24.9 Å². The number of hydrogen-bond donors (Lipinski definition) is 1. The summed E-state index contributed by atoms with van der Waals surface area (Å²) < 4.78 is 45.9. The lowest BCUT2D eigenvalue weighted by Gasteiger charge is -2.12. The first-order chi connectivity index (χ1) is 14.3. The Morgan fingerprint density at radius 3 is 2.63 bits per heavy atom. The van der Waals surface area contributed by atoms with Gasteiger partial charge in [0.15, 0.2) is 11.0 Å². The molecule has 10 heteroatoms. The lowest BCUT2D eigenvalue weighted by atomic mass is 10.1. The van der Waals surface area contributed by atoms with E-state index in [0.29, 0.717) is 28.0 Å². The molecule has 0 radical (unpaired) electrons. The highest BCUT2D eigenvalue weighted by atomic mass is 32.2. The smallest absolute Gasteiger partial charge is 0.416 e. The molecule has 3 rings (SSSR count). The van der Waals surface area contributed by atoms with Crippen LogP contribution in [0.1, 0.15) is 23.9 Å². The number of thioether (sulfide) groups is 1. The van der Waals surface area contributed by atoms with Gasteiger partial charge in [-0.25, -0.2) is 0 Å². The summed E-state index contributed by atoms with van der Waals surface area (Å²) in [5.74, 6) is 1.17. The molecule has 0 fully saturated rings. The summed E-state index contributed by atoms with van der Waals surface area (Å²) in [7, 11) is 1.55. The van der Waals surface area contributed by atoms with E-state index in [2.05, 4.69) is 15.5 Å². The fourth-order valence-electron chi connectivity index (χ4n) is 2.71. The number of aromatic nitrogens is 3. The normalized spacial score (nSPS) is 11.4. The summed E-state index contributed by atoms with van der Waals surface area (Å²) in [6, 6.07) is 12.4. The average Bonchev–Trinajstić information content (AvgIpc) is 3.13. The van der Waals surface area contributed by atoms with Gasteiger partial charge in [0.1, 0.15) is 5.75 Å². The third kappa shape index (κ3) is 5.32. The van der Waals surface area contributed by atoms with Crippen LogP contribution in [0.4, 0.5) is 13.2 Å². The van der Waals surface area contributed by atoms with Crippen molar-refractivity contribution in [3.63, 3.8) is 0 Å². The summed E-state index contributed by atoms with van der Waals surface area (Å²) in [5.41, 5.74) is 0.533. The van der Waals surface area contributed by atoms with Crippen LogP contribution in [0.2, 0.25) is 0 Å². The molecule has 6 nitrogen and oxygen atoms in total. The fraction of sp³-hybridized carbons (Fsp3) is 0.250. The highest BCUT2D eigenvalue weighted by molar-refractivity contribution is 7.98. The molecule has 0 spiro atoms. The maximum absolute atomic E-state index is 13.0. The van der Waals surface area contributed by atoms with Gasteiger partial charge in [-0.2, -0.15) is 13.2 Å². The molecule has 1 heterocycles. The van der Waals surface area contributed by atoms with Crippen molar-refractivity contribution in [1.82, 2.24) is 20.1 Å². The predicted octanol–water partition coefficient (Wildman–Crippen LogP) is 4.22. The number of rotatable bonds is 7. The molecule has 0 saturated heterocycles. The number of nitrogens with one attached hydrogen (secondary N) is 1. The first-order valence-electron chi connectivity index (χ1n) is 8.90. The van der Waals surface area contributed by atoms with Crippen LogP contribution < -0.4 is 10.1 Å². The Balaban J connectivity index is 1.90. The van der Waals surface area contributed by atoms with Crippen LogP contribution in [0.3, 0.4) is 0 Å². The molecule has 0 aliphatic carbocycles. The standard InChI is InChI=1S/C20H19F3N4O2S/c1-13(28)24-11-18-25-26-19(27(18)16-7-4-8-17(10-16)29-2)30-12-14-5-3-6-15(9-14)20(21,22)23/h3-10H,11-12H2,1-2H3,(H,24,28). The van der Waals surface area contributed by atoms with Gasteiger partial charge in [0, 0.05) is 18.7 Å². The molecule has 1 N–H and O–H groups in total. The van der Waals surface area contributed by atoms with Crippen molar-refractivity contribution >= 4 is 17.7 Å². The zero-order valence-corrected chi connectivity index (χ0v) is 17.0. The van der Waals surface area contributed by atoms with Crippen LogP contribution >= 0.6 is 11.8 Å². The minimum atomic E-state index is -4.40. The quantitative estimate of drug-likeness (QED) is 0.562. The Kier molecular flexibility index (Phi) is 6.66. The van der Waals surface area contributed by atoms with Crippen molar-refractivity contribution in [3.05, 3.63) is 65.5 Å². The van der Waals surface area contributed by atoms with Gasteiger partial charge in [-0.05, 0) is 23.8 Å². The van der Waals surface area contributed by atoms with E-state index in [9.17, 15) is 18.0 Å². The summed E-state index contributed by atoms with van der Waals surface area (Å²) in [6.07, 6.45) is -4.40. The largest absolute Gasteiger partial charge is 0.497 e. The zero-order chi connectivity index (χ0) is 21.7. The molecule has 3 aromatic rings. The number of carbonyl (C=O) groups excluding carboxylic acids is 1. The van der Waals surface area contributed by atoms with Crippen LogP contribution in [0.25, 0.3) is 5.69 Å². The van der Waals surface area contributed by atoms with Crippen molar-refractivity contribution in [2.24, 2.45) is 0 Å². The van der Waals surface area contributed by atoms with Crippen LogP contribution in [0.15, 0.2) is 53.7 Å². The van der Waals surface area contributed by atoms with E-state index in [4.69, 9.17) is 4.74 Å². The molecule has 1 aromatic heterocycles. The third-order valence-electron chi connectivity index (χ3n) is 4.13. The number of methoxy groups -OCH3 is 1. The number of carbonyl (C=O) groups is 1. The predicted molar refractivity (Wildman–Crippen MR) is 106 cm³/mol. The van der Waals surface area contributed by atoms with E-state index in [1.165, 1.54) is 24.8 Å². The topological polar surface area (TPSA) is 69.0 Å². The van der Waals surface area contributed by atoms with Crippen LogP contribution in [0, 0.1) is 0 Å². The van der Waals surface area contributed by atoms with E-state index >= 15 is 0 Å². The molecule has 0 atom stereocenters. The second kappa shape index (κ2) is 9.21. The monoisotopic (exact) mass is 436 g/mol. The zero-order valence-electron chi connectivity index (χ0n) is 16.2. The van der Waals surface area contributed by atoms with Crippen molar-refractivity contribution in [2.75, 3.05) is 7.11 Å². The van der Waals surface area contributed by atoms with E-state index < -0.39 is 11.7 Å². The molecular weight excluding hydrogens is 417 g/mol. The number of hydrogen-bond acceptors (Lipinski definition) is 5. The third-order valence-corrected chi connectivity index (χ3v) is 5.13. The summed E-state index contributed by atoms with van der Waals surface area (Å²) in [5, 5.41) is 11.5. The summed E-state index contributed by atoms with van der Waals surface area (Å²) in [6.45, 7) is 1.55. The number of alkyl halides is 3. The second-order valence-electron chi connectivity index (χ2n) is 6.33. The Labute approximate surface area is 175 Å². The molecule has 0 unspecified atom stereocenters. The molecular formula is C20H19F3N4O2S. The van der Waals surface area contributed by atoms with Crippen molar-refractivity contribution in [1.29, 1.82) is 0 Å². The number of nitrogens with zero attached hydrogens (tertiary/aromatic N) is 3. The van der Waals surface area contributed by atoms with E-state index in [1.54, 1.807) is 35.9 Å². The van der Waals surface area contributed by atoms with Crippen molar-refractivity contribution in [3.8, 4) is 11.4 Å². The lowest BCUT2D eigenvalue weighted by molar-refractivity contribution is -0.137. The highest BCUT2D eigenvalue weighted by Gasteiger charge is 2.30. The Bertz CT molecular complexity index is 1040. The van der Waals surface area contributed by atoms with Crippen LogP contribution in [-0.2, 0) is 23.3 Å². The van der Waals surface area contributed by atoms with Crippen molar-refractivity contribution in [2.45, 2.75) is 30.6 Å². The minimum Gasteiger partial charge on any atom is -0.497 e. The Morgan fingerprint density at radius 1 is 1.17 bits per heavy atom. The fourth-order valence-corrected chi connectivity index (χ4v) is 3.62. The van der Waals surface area contributed by atoms with Gasteiger partial charge in [0.25, 0.3) is 0 Å². The Hall–Kier alpha value is -3.01. The number of benzene rings is 2. The number of ether oxygens (including phenoxy) is 1. The molecule has 2 aromatic carbocycles. The van der Waals surface area contributed by atoms with E-state index in [0.717, 1.165) is 12.1 Å². The maximum atomic E-state index is 13.0. The first-order valence-corrected chi connectivity index (χ1v) is 9.88. The Morgan fingerprint density at radius 2 is 1.93 bits per heavy atom. The minimum absolute atomic E-state index is 0.156. The van der Waals surface area contributed by atoms with Gasteiger partial charge in [-0.3, -0.25) is 9.36 Å². The van der Waals surface area contributed by atoms with Crippen LogP contribution in [-0.4, -0.2) is 27.8 Å². The molecule has 1 amide bonds. The molecule has 30 heavy (non-hydrogen) atoms. The summed E-state index contributed by atoms with van der Waals surface area (Å²) in [4.78, 5) is 11.3. The number of amides is 1. The van der Waals surface area contributed by atoms with Gasteiger partial charge >= 0.3 is 6.18 Å². The average molecular weight is 436 g/mol. The molecule has 0 aliphatic rings. The maximum Gasteiger partial charge on any atom is 0.416 e. The van der Waals surface area contributed by atoms with E-state index in [1.807, 2.05) is 6.07 Å². The first kappa shape index (κ1) is 21.7. The molecule has 0 bridgehead atoms. The summed E-state index contributed by atoms with van der Waals surface area (Å²) >= 11 is 1.25. The second-order valence-corrected chi connectivity index (χ2v) is 7.27. The van der Waals surface area contributed by atoms with Crippen LogP contribution in [0.5, 0.6) is 5.75 Å². The van der Waals surface area contributed by atoms with Gasteiger partial charge < -0.3 is 10.1 Å². The van der Waals surface area contributed by atoms with Crippen molar-refractivity contribution < 1.29 is 22.7 Å². The lowest BCUT2D eigenvalue weighted by Crippen LogP contribution is -2.21. The van der Waals surface area contributed by atoms with E-state index in [-0.39, 0.29) is 18.2 Å². The number of halogens is 3. The van der Waals surface area contributed by atoms with Gasteiger partial charge in [0.2, 0.25) is 5.91 Å². The SMILES string of the molecule is COc1cccc(-n2c(CNC(C)=O)nnc2SCc2cccc(C(F)(F)F)c2)c1. The molecule has 0 saturated carbocycles. The highest BCUT2D eigenvalue weighted by Crippen LogP contribution is 2.32. The molecule has 0 aliphatic heterocycles. The van der Waals surface area contributed by atoms with Gasteiger partial charge in [-0.15, -0.1) is 10.2 Å². The molecule has 158 valence electrons. The van der Waals surface area contributed by atoms with Gasteiger partial charge in [-0.1, -0.05) is 36.0 Å².